The minimum atomic E-state index is -4.43. The zero-order chi connectivity index (χ0) is 12.9. The molecule has 0 saturated heterocycles. The number of nitrogens with two attached hydrogens (primary N) is 1. The summed E-state index contributed by atoms with van der Waals surface area (Å²) in [5.74, 6) is 0. The van der Waals surface area contributed by atoms with Crippen LogP contribution in [0.4, 0.5) is 13.2 Å². The zero-order valence-corrected chi connectivity index (χ0v) is 9.80. The van der Waals surface area contributed by atoms with Gasteiger partial charge < -0.3 is 5.73 Å². The molecule has 1 heterocycles. The van der Waals surface area contributed by atoms with Gasteiger partial charge in [0, 0.05) is 17.2 Å². The third kappa shape index (κ3) is 1.92. The van der Waals surface area contributed by atoms with Crippen molar-refractivity contribution in [3.8, 4) is 0 Å². The van der Waals surface area contributed by atoms with Gasteiger partial charge in [0.1, 0.15) is 5.69 Å². The number of aromatic nitrogens is 1. The molecule has 0 unspecified atom stereocenters. The molecule has 1 aromatic heterocycles. The summed E-state index contributed by atoms with van der Waals surface area (Å²) in [6.07, 6.45) is -1.75. The van der Waals surface area contributed by atoms with Crippen molar-refractivity contribution in [2.75, 3.05) is 0 Å². The minimum Gasteiger partial charge on any atom is -0.324 e. The molecule has 2 N–H and O–H groups in total. The van der Waals surface area contributed by atoms with Crippen molar-refractivity contribution in [1.29, 1.82) is 0 Å². The lowest BCUT2D eigenvalue weighted by molar-refractivity contribution is -0.142. The third-order valence-electron chi connectivity index (χ3n) is 3.78. The molecule has 0 aromatic carbocycles. The van der Waals surface area contributed by atoms with E-state index in [0.29, 0.717) is 0 Å². The fourth-order valence-corrected chi connectivity index (χ4v) is 2.16. The lowest BCUT2D eigenvalue weighted by Crippen LogP contribution is -2.44. The Hall–Kier alpha value is -1.10. The van der Waals surface area contributed by atoms with E-state index in [-0.39, 0.29) is 5.56 Å². The summed E-state index contributed by atoms with van der Waals surface area (Å²) in [6, 6.07) is 3.00. The monoisotopic (exact) mass is 244 g/mol. The predicted octanol–water partition coefficient (Wildman–Crippen LogP) is 2.87. The van der Waals surface area contributed by atoms with Crippen LogP contribution in [-0.4, -0.2) is 10.5 Å². The van der Waals surface area contributed by atoms with Gasteiger partial charge in [0.2, 0.25) is 0 Å². The summed E-state index contributed by atoms with van der Waals surface area (Å²) in [5, 5.41) is 0. The van der Waals surface area contributed by atoms with E-state index in [1.165, 1.54) is 18.3 Å². The van der Waals surface area contributed by atoms with Crippen molar-refractivity contribution in [3.63, 3.8) is 0 Å². The third-order valence-corrected chi connectivity index (χ3v) is 3.78. The molecule has 94 valence electrons. The van der Waals surface area contributed by atoms with E-state index in [4.69, 9.17) is 5.73 Å². The number of alkyl halides is 3. The molecule has 2 rings (SSSR count). The fraction of sp³-hybridized carbons (Fsp3) is 0.583. The highest BCUT2D eigenvalue weighted by Gasteiger charge is 2.54. The van der Waals surface area contributed by atoms with E-state index in [9.17, 15) is 13.2 Å². The topological polar surface area (TPSA) is 38.9 Å². The Bertz CT molecular complexity index is 434. The van der Waals surface area contributed by atoms with E-state index in [0.717, 1.165) is 12.8 Å². The van der Waals surface area contributed by atoms with Crippen LogP contribution in [0.25, 0.3) is 0 Å². The molecule has 1 aliphatic rings. The highest BCUT2D eigenvalue weighted by atomic mass is 19.4. The van der Waals surface area contributed by atoms with Crippen molar-refractivity contribution in [1.82, 2.24) is 4.98 Å². The van der Waals surface area contributed by atoms with Gasteiger partial charge in [0.25, 0.3) is 0 Å². The maximum atomic E-state index is 12.9. The van der Waals surface area contributed by atoms with Crippen molar-refractivity contribution < 1.29 is 13.2 Å². The quantitative estimate of drug-likeness (QED) is 0.868. The number of rotatable bonds is 2. The number of pyridine rings is 1. The number of nitrogens with zero attached hydrogens (tertiary/aromatic N) is 1. The molecule has 1 fully saturated rings. The molecule has 0 bridgehead atoms. The van der Waals surface area contributed by atoms with Gasteiger partial charge in [-0.3, -0.25) is 4.98 Å². The van der Waals surface area contributed by atoms with Crippen LogP contribution in [0.1, 0.15) is 37.9 Å². The van der Waals surface area contributed by atoms with Gasteiger partial charge in [-0.15, -0.1) is 0 Å². The summed E-state index contributed by atoms with van der Waals surface area (Å²) < 4.78 is 38.7. The standard InChI is InChI=1S/C12H15F3N2/c1-10(2,11(16)5-6-11)8-4-3-7-17-9(8)12(13,14)15/h3-4,7H,5-6,16H2,1-2H3. The molecule has 0 atom stereocenters. The maximum Gasteiger partial charge on any atom is 0.433 e. The van der Waals surface area contributed by atoms with Crippen LogP contribution in [0.5, 0.6) is 0 Å². The average Bonchev–Trinajstić information content (AvgIpc) is 2.97. The van der Waals surface area contributed by atoms with Crippen molar-refractivity contribution in [3.05, 3.63) is 29.6 Å². The van der Waals surface area contributed by atoms with E-state index in [1.807, 2.05) is 0 Å². The average molecular weight is 244 g/mol. The van der Waals surface area contributed by atoms with Gasteiger partial charge in [0.15, 0.2) is 0 Å². The van der Waals surface area contributed by atoms with E-state index in [2.05, 4.69) is 4.98 Å². The Morgan fingerprint density at radius 1 is 1.29 bits per heavy atom. The molecule has 1 saturated carbocycles. The Kier molecular flexibility index (Phi) is 2.51. The molecule has 0 amide bonds. The number of hydrogen-bond donors (Lipinski definition) is 1. The Labute approximate surface area is 98.0 Å². The van der Waals surface area contributed by atoms with Crippen LogP contribution in [0, 0.1) is 0 Å². The summed E-state index contributed by atoms with van der Waals surface area (Å²) >= 11 is 0. The second-order valence-electron chi connectivity index (χ2n) is 5.18. The molecule has 0 aliphatic heterocycles. The van der Waals surface area contributed by atoms with Gasteiger partial charge in [-0.2, -0.15) is 13.2 Å². The van der Waals surface area contributed by atoms with Crippen LogP contribution in [-0.2, 0) is 11.6 Å². The van der Waals surface area contributed by atoms with Crippen LogP contribution in [0.3, 0.4) is 0 Å². The highest BCUT2D eigenvalue weighted by Crippen LogP contribution is 2.51. The highest BCUT2D eigenvalue weighted by molar-refractivity contribution is 5.36. The lowest BCUT2D eigenvalue weighted by Gasteiger charge is -2.34. The normalized spacial score (nSPS) is 19.2. The molecule has 1 aliphatic carbocycles. The molecule has 2 nitrogen and oxygen atoms in total. The zero-order valence-electron chi connectivity index (χ0n) is 9.80. The molecule has 0 radical (unpaired) electrons. The first kappa shape index (κ1) is 12.4. The van der Waals surface area contributed by atoms with E-state index in [1.54, 1.807) is 13.8 Å². The van der Waals surface area contributed by atoms with Crippen molar-refractivity contribution in [2.45, 2.75) is 43.8 Å². The van der Waals surface area contributed by atoms with Gasteiger partial charge in [0.05, 0.1) is 0 Å². The Morgan fingerprint density at radius 3 is 2.35 bits per heavy atom. The van der Waals surface area contributed by atoms with E-state index < -0.39 is 22.8 Å². The molecule has 17 heavy (non-hydrogen) atoms. The van der Waals surface area contributed by atoms with E-state index >= 15 is 0 Å². The lowest BCUT2D eigenvalue weighted by atomic mass is 9.75. The maximum absolute atomic E-state index is 12.9. The summed E-state index contributed by atoms with van der Waals surface area (Å²) in [5.41, 5.74) is 4.20. The fourth-order valence-electron chi connectivity index (χ4n) is 2.16. The molecule has 0 spiro atoms. The van der Waals surface area contributed by atoms with Gasteiger partial charge in [-0.25, -0.2) is 0 Å². The summed E-state index contributed by atoms with van der Waals surface area (Å²) in [6.45, 7) is 3.51. The Balaban J connectivity index is 2.53. The van der Waals surface area contributed by atoms with Crippen LogP contribution in [0.15, 0.2) is 18.3 Å². The second-order valence-corrected chi connectivity index (χ2v) is 5.18. The smallest absolute Gasteiger partial charge is 0.324 e. The SMILES string of the molecule is CC(C)(c1cccnc1C(F)(F)F)C1(N)CC1. The van der Waals surface area contributed by atoms with Crippen LogP contribution < -0.4 is 5.73 Å². The molecule has 5 heteroatoms. The molecular weight excluding hydrogens is 229 g/mol. The Morgan fingerprint density at radius 2 is 1.88 bits per heavy atom. The molecule has 1 aromatic rings. The minimum absolute atomic E-state index is 0.188. The summed E-state index contributed by atoms with van der Waals surface area (Å²) in [7, 11) is 0. The van der Waals surface area contributed by atoms with Gasteiger partial charge in [-0.05, 0) is 24.5 Å². The number of halogens is 3. The van der Waals surface area contributed by atoms with Gasteiger partial charge >= 0.3 is 6.18 Å². The van der Waals surface area contributed by atoms with Crippen molar-refractivity contribution >= 4 is 0 Å². The first-order chi connectivity index (χ1) is 7.68. The van der Waals surface area contributed by atoms with Crippen molar-refractivity contribution in [2.24, 2.45) is 5.73 Å². The summed E-state index contributed by atoms with van der Waals surface area (Å²) in [4.78, 5) is 3.48. The first-order valence-electron chi connectivity index (χ1n) is 5.50. The van der Waals surface area contributed by atoms with Gasteiger partial charge in [-0.1, -0.05) is 19.9 Å². The predicted molar refractivity (Wildman–Crippen MR) is 58.4 cm³/mol. The van der Waals surface area contributed by atoms with Crippen LogP contribution >= 0.6 is 0 Å². The largest absolute Gasteiger partial charge is 0.433 e. The number of hydrogen-bond acceptors (Lipinski definition) is 2. The second kappa shape index (κ2) is 3.45. The molecular formula is C12H15F3N2. The first-order valence-corrected chi connectivity index (χ1v) is 5.50. The van der Waals surface area contributed by atoms with Crippen LogP contribution in [0.2, 0.25) is 0 Å².